The molecule has 0 bridgehead atoms. The molecule has 1 aromatic carbocycles. The molecular weight excluding hydrogens is 482 g/mol. The zero-order chi connectivity index (χ0) is 26.6. The number of hydrogen-bond donors (Lipinski definition) is 1. The van der Waals surface area contributed by atoms with Gasteiger partial charge in [-0.1, -0.05) is 19.3 Å². The Balaban J connectivity index is 1.26. The van der Waals surface area contributed by atoms with Crippen LogP contribution in [0.1, 0.15) is 48.3 Å². The summed E-state index contributed by atoms with van der Waals surface area (Å²) in [6, 6.07) is 9.85. The quantitative estimate of drug-likeness (QED) is 0.502. The Morgan fingerprint density at radius 2 is 1.74 bits per heavy atom. The number of ether oxygens (including phenoxy) is 2. The molecule has 202 valence electrons. The number of rotatable bonds is 7. The van der Waals surface area contributed by atoms with E-state index >= 15 is 0 Å². The number of carbonyl (C=O) groups excluding carboxylic acids is 1. The summed E-state index contributed by atoms with van der Waals surface area (Å²) < 4.78 is 12.5. The number of anilines is 2. The van der Waals surface area contributed by atoms with Crippen LogP contribution in [-0.2, 0) is 7.05 Å². The van der Waals surface area contributed by atoms with Crippen LogP contribution in [0.5, 0.6) is 11.5 Å². The maximum absolute atomic E-state index is 13.5. The van der Waals surface area contributed by atoms with Gasteiger partial charge in [-0.15, -0.1) is 0 Å². The predicted molar refractivity (Wildman–Crippen MR) is 147 cm³/mol. The van der Waals surface area contributed by atoms with Crippen molar-refractivity contribution in [3.05, 3.63) is 41.7 Å². The lowest BCUT2D eigenvalue weighted by molar-refractivity contribution is 0.0735. The number of aromatic nitrogens is 4. The Bertz CT molecular complexity index is 1280. The molecule has 1 N–H and O–H groups in total. The Morgan fingerprint density at radius 3 is 2.45 bits per heavy atom. The number of nitrogens with zero attached hydrogens (tertiary/aromatic N) is 6. The highest BCUT2D eigenvalue weighted by molar-refractivity contribution is 5.94. The van der Waals surface area contributed by atoms with Gasteiger partial charge in [0.15, 0.2) is 0 Å². The second kappa shape index (κ2) is 11.3. The fraction of sp³-hybridized carbons (Fsp3) is 0.500. The van der Waals surface area contributed by atoms with Gasteiger partial charge in [0, 0.05) is 56.6 Å². The summed E-state index contributed by atoms with van der Waals surface area (Å²) in [4.78, 5) is 27.0. The van der Waals surface area contributed by atoms with Crippen molar-refractivity contribution in [3.8, 4) is 22.8 Å². The standard InChI is InChI=1S/C28H37N7O3/c1-19-16-26(31-28(29-19)30-20-8-6-5-7-9-20)34-12-14-35(15-13-34)27(36)24-18-23(32-33(24)2)22-17-21(37-3)10-11-25(22)38-4/h10-11,16-18,20H,5-9,12-15H2,1-4H3,(H,29,30,31). The first-order valence-electron chi connectivity index (χ1n) is 13.4. The monoisotopic (exact) mass is 519 g/mol. The van der Waals surface area contributed by atoms with Gasteiger partial charge < -0.3 is 24.6 Å². The number of amides is 1. The number of benzene rings is 1. The highest BCUT2D eigenvalue weighted by Crippen LogP contribution is 2.33. The van der Waals surface area contributed by atoms with E-state index in [-0.39, 0.29) is 5.91 Å². The molecule has 1 saturated carbocycles. The summed E-state index contributed by atoms with van der Waals surface area (Å²) >= 11 is 0. The summed E-state index contributed by atoms with van der Waals surface area (Å²) in [5.74, 6) is 2.96. The van der Waals surface area contributed by atoms with Crippen LogP contribution in [0.2, 0.25) is 0 Å². The van der Waals surface area contributed by atoms with Crippen molar-refractivity contribution in [1.29, 1.82) is 0 Å². The smallest absolute Gasteiger partial charge is 0.272 e. The number of hydrogen-bond acceptors (Lipinski definition) is 8. The molecule has 1 aliphatic carbocycles. The normalized spacial score (nSPS) is 16.4. The first-order valence-corrected chi connectivity index (χ1v) is 13.4. The summed E-state index contributed by atoms with van der Waals surface area (Å²) in [6.07, 6.45) is 6.19. The van der Waals surface area contributed by atoms with Crippen LogP contribution in [0, 0.1) is 6.92 Å². The van der Waals surface area contributed by atoms with Crippen molar-refractivity contribution in [2.45, 2.75) is 45.1 Å². The van der Waals surface area contributed by atoms with Crippen molar-refractivity contribution in [3.63, 3.8) is 0 Å². The van der Waals surface area contributed by atoms with Gasteiger partial charge in [-0.25, -0.2) is 4.98 Å². The van der Waals surface area contributed by atoms with E-state index in [0.717, 1.165) is 17.1 Å². The molecule has 3 aromatic rings. The molecule has 38 heavy (non-hydrogen) atoms. The Morgan fingerprint density at radius 1 is 0.974 bits per heavy atom. The summed E-state index contributed by atoms with van der Waals surface area (Å²) in [7, 11) is 5.04. The van der Waals surface area contributed by atoms with Crippen LogP contribution in [0.4, 0.5) is 11.8 Å². The topological polar surface area (TPSA) is 97.6 Å². The molecule has 2 aromatic heterocycles. The molecule has 2 aliphatic rings. The lowest BCUT2D eigenvalue weighted by Gasteiger charge is -2.35. The van der Waals surface area contributed by atoms with E-state index in [1.807, 2.05) is 42.2 Å². The van der Waals surface area contributed by atoms with Gasteiger partial charge in [-0.05, 0) is 44.0 Å². The average Bonchev–Trinajstić information content (AvgIpc) is 3.33. The van der Waals surface area contributed by atoms with Gasteiger partial charge in [-0.2, -0.15) is 10.1 Å². The van der Waals surface area contributed by atoms with Crippen LogP contribution < -0.4 is 19.7 Å². The first kappa shape index (κ1) is 25.8. The van der Waals surface area contributed by atoms with Crippen LogP contribution in [0.3, 0.4) is 0 Å². The third kappa shape index (κ3) is 5.54. The second-order valence-electron chi connectivity index (χ2n) is 10.1. The summed E-state index contributed by atoms with van der Waals surface area (Å²) in [5.41, 5.74) is 2.93. The van der Waals surface area contributed by atoms with Crippen LogP contribution in [0.15, 0.2) is 30.3 Å². The number of carbonyl (C=O) groups is 1. The molecule has 10 heteroatoms. The van der Waals surface area contributed by atoms with E-state index in [2.05, 4.69) is 20.3 Å². The van der Waals surface area contributed by atoms with E-state index in [0.29, 0.717) is 61.1 Å². The van der Waals surface area contributed by atoms with Crippen molar-refractivity contribution < 1.29 is 14.3 Å². The number of nitrogens with one attached hydrogen (secondary N) is 1. The highest BCUT2D eigenvalue weighted by atomic mass is 16.5. The molecule has 0 spiro atoms. The minimum atomic E-state index is -0.0358. The number of aryl methyl sites for hydroxylation is 2. The van der Waals surface area contributed by atoms with Gasteiger partial charge in [0.05, 0.1) is 19.9 Å². The van der Waals surface area contributed by atoms with Gasteiger partial charge in [-0.3, -0.25) is 9.48 Å². The van der Waals surface area contributed by atoms with Crippen molar-refractivity contribution >= 4 is 17.7 Å². The average molecular weight is 520 g/mol. The van der Waals surface area contributed by atoms with Crippen LogP contribution in [-0.4, -0.2) is 77.0 Å². The van der Waals surface area contributed by atoms with Crippen LogP contribution in [0.25, 0.3) is 11.3 Å². The van der Waals surface area contributed by atoms with E-state index in [1.165, 1.54) is 32.1 Å². The Labute approximate surface area is 224 Å². The molecular formula is C28H37N7O3. The number of methoxy groups -OCH3 is 2. The second-order valence-corrected chi connectivity index (χ2v) is 10.1. The van der Waals surface area contributed by atoms with Crippen molar-refractivity contribution in [1.82, 2.24) is 24.6 Å². The first-order chi connectivity index (χ1) is 18.4. The Kier molecular flexibility index (Phi) is 7.67. The molecule has 0 unspecified atom stereocenters. The molecule has 10 nitrogen and oxygen atoms in total. The molecule has 1 aliphatic heterocycles. The third-order valence-electron chi connectivity index (χ3n) is 7.45. The van der Waals surface area contributed by atoms with E-state index in [1.54, 1.807) is 25.9 Å². The molecule has 5 rings (SSSR count). The minimum Gasteiger partial charge on any atom is -0.497 e. The van der Waals surface area contributed by atoms with Crippen molar-refractivity contribution in [2.24, 2.45) is 7.05 Å². The van der Waals surface area contributed by atoms with E-state index in [9.17, 15) is 4.79 Å². The lowest BCUT2D eigenvalue weighted by Crippen LogP contribution is -2.49. The predicted octanol–water partition coefficient (Wildman–Crippen LogP) is 3.91. The number of piperazine rings is 1. The zero-order valence-corrected chi connectivity index (χ0v) is 22.7. The largest absolute Gasteiger partial charge is 0.497 e. The minimum absolute atomic E-state index is 0.0358. The fourth-order valence-electron chi connectivity index (χ4n) is 5.32. The third-order valence-corrected chi connectivity index (χ3v) is 7.45. The molecule has 0 atom stereocenters. The van der Waals surface area contributed by atoms with Gasteiger partial charge >= 0.3 is 0 Å². The van der Waals surface area contributed by atoms with E-state index < -0.39 is 0 Å². The summed E-state index contributed by atoms with van der Waals surface area (Å²) in [5, 5.41) is 8.16. The molecule has 0 radical (unpaired) electrons. The summed E-state index contributed by atoms with van der Waals surface area (Å²) in [6.45, 7) is 4.64. The van der Waals surface area contributed by atoms with Gasteiger partial charge in [0.1, 0.15) is 23.0 Å². The lowest BCUT2D eigenvalue weighted by atomic mass is 9.96. The van der Waals surface area contributed by atoms with E-state index in [4.69, 9.17) is 14.5 Å². The van der Waals surface area contributed by atoms with Gasteiger partial charge in [0.25, 0.3) is 5.91 Å². The SMILES string of the molecule is COc1ccc(OC)c(-c2cc(C(=O)N3CCN(c4cc(C)nc(NC5CCCCC5)n4)CC3)n(C)n2)c1. The molecule has 1 amide bonds. The molecule has 3 heterocycles. The highest BCUT2D eigenvalue weighted by Gasteiger charge is 2.27. The zero-order valence-electron chi connectivity index (χ0n) is 22.7. The fourth-order valence-corrected chi connectivity index (χ4v) is 5.32. The van der Waals surface area contributed by atoms with Gasteiger partial charge in [0.2, 0.25) is 5.95 Å². The molecule has 2 fully saturated rings. The van der Waals surface area contributed by atoms with Crippen molar-refractivity contribution in [2.75, 3.05) is 50.6 Å². The van der Waals surface area contributed by atoms with Crippen LogP contribution >= 0.6 is 0 Å². The molecule has 1 saturated heterocycles. The maximum atomic E-state index is 13.5. The maximum Gasteiger partial charge on any atom is 0.272 e. The Hall–Kier alpha value is -3.82.